The minimum absolute atomic E-state index is 0.387. The van der Waals surface area contributed by atoms with Crippen molar-refractivity contribution in [2.45, 2.75) is 19.4 Å². The van der Waals surface area contributed by atoms with Gasteiger partial charge in [-0.15, -0.1) is 0 Å². The Morgan fingerprint density at radius 1 is 1.56 bits per heavy atom. The molecule has 1 heterocycles. The Bertz CT molecular complexity index is 78.4. The van der Waals surface area contributed by atoms with Crippen molar-refractivity contribution in [3.63, 3.8) is 0 Å². The van der Waals surface area contributed by atoms with Gasteiger partial charge in [-0.25, -0.2) is 0 Å². The molecule has 1 rings (SSSR count). The second kappa shape index (κ2) is 3.15. The third-order valence-corrected chi connectivity index (χ3v) is 1.23. The summed E-state index contributed by atoms with van der Waals surface area (Å²) in [7, 11) is 0. The second-order valence-electron chi connectivity index (χ2n) is 1.94. The van der Waals surface area contributed by atoms with Crippen molar-refractivity contribution < 1.29 is 14.6 Å². The number of hydrogen-bond donors (Lipinski definition) is 1. The lowest BCUT2D eigenvalue weighted by molar-refractivity contribution is -0.0242. The van der Waals surface area contributed by atoms with Crippen molar-refractivity contribution in [2.24, 2.45) is 0 Å². The molecule has 0 saturated carbocycles. The fourth-order valence-corrected chi connectivity index (χ4v) is 0.685. The van der Waals surface area contributed by atoms with E-state index in [9.17, 15) is 0 Å². The van der Waals surface area contributed by atoms with E-state index in [1.807, 2.05) is 6.92 Å². The number of hydrogen-bond acceptors (Lipinski definition) is 3. The minimum Gasteiger partial charge on any atom is -0.387 e. The van der Waals surface area contributed by atoms with Crippen LogP contribution in [0.25, 0.3) is 0 Å². The maximum atomic E-state index is 9.07. The van der Waals surface area contributed by atoms with Gasteiger partial charge in [-0.3, -0.25) is 0 Å². The van der Waals surface area contributed by atoms with Gasteiger partial charge < -0.3 is 14.6 Å². The molecule has 1 N–H and O–H groups in total. The Hall–Kier alpha value is -0.120. The first-order valence-electron chi connectivity index (χ1n) is 3.15. The summed E-state index contributed by atoms with van der Waals surface area (Å²) in [5.74, 6) is 0. The van der Waals surface area contributed by atoms with Crippen LogP contribution in [0.5, 0.6) is 0 Å². The lowest BCUT2D eigenvalue weighted by Crippen LogP contribution is -2.17. The SMILES string of the molecule is CCC(O)[C]1OCCO1. The Labute approximate surface area is 54.6 Å². The topological polar surface area (TPSA) is 38.7 Å². The summed E-state index contributed by atoms with van der Waals surface area (Å²) < 4.78 is 9.90. The molecule has 1 aliphatic rings. The molecule has 0 aromatic heterocycles. The molecule has 53 valence electrons. The highest BCUT2D eigenvalue weighted by Gasteiger charge is 2.25. The molecule has 9 heavy (non-hydrogen) atoms. The summed E-state index contributed by atoms with van der Waals surface area (Å²) in [5, 5.41) is 9.07. The van der Waals surface area contributed by atoms with E-state index in [0.29, 0.717) is 25.9 Å². The van der Waals surface area contributed by atoms with Gasteiger partial charge >= 0.3 is 0 Å². The van der Waals surface area contributed by atoms with Gasteiger partial charge in [-0.2, -0.15) is 0 Å². The fraction of sp³-hybridized carbons (Fsp3) is 0.833. The summed E-state index contributed by atoms with van der Waals surface area (Å²) in [6.07, 6.45) is 0.500. The Morgan fingerprint density at radius 3 is 2.56 bits per heavy atom. The number of rotatable bonds is 2. The van der Waals surface area contributed by atoms with Gasteiger partial charge in [-0.05, 0) is 6.42 Å². The summed E-state index contributed by atoms with van der Waals surface area (Å²) in [6, 6.07) is 0. The number of ether oxygens (including phenoxy) is 2. The minimum atomic E-state index is -0.535. The Morgan fingerprint density at radius 2 is 2.11 bits per heavy atom. The van der Waals surface area contributed by atoms with Crippen LogP contribution in [0.4, 0.5) is 0 Å². The second-order valence-corrected chi connectivity index (χ2v) is 1.94. The lowest BCUT2D eigenvalue weighted by atomic mass is 10.3. The van der Waals surface area contributed by atoms with Gasteiger partial charge in [0.05, 0.1) is 13.2 Å². The van der Waals surface area contributed by atoms with Crippen molar-refractivity contribution in [1.29, 1.82) is 0 Å². The molecule has 3 nitrogen and oxygen atoms in total. The maximum Gasteiger partial charge on any atom is 0.253 e. The van der Waals surface area contributed by atoms with E-state index in [4.69, 9.17) is 14.6 Å². The highest BCUT2D eigenvalue weighted by atomic mass is 16.7. The van der Waals surface area contributed by atoms with E-state index in [2.05, 4.69) is 0 Å². The average Bonchev–Trinajstić information content (AvgIpc) is 2.37. The van der Waals surface area contributed by atoms with Crippen LogP contribution in [0.3, 0.4) is 0 Å². The molecule has 0 aromatic carbocycles. The molecule has 1 aliphatic heterocycles. The van der Waals surface area contributed by atoms with Crippen LogP contribution in [0, 0.1) is 6.29 Å². The highest BCUT2D eigenvalue weighted by molar-refractivity contribution is 4.78. The van der Waals surface area contributed by atoms with E-state index < -0.39 is 6.10 Å². The molecule has 0 aromatic rings. The van der Waals surface area contributed by atoms with E-state index >= 15 is 0 Å². The molecule has 3 heteroatoms. The van der Waals surface area contributed by atoms with Gasteiger partial charge in [0.1, 0.15) is 6.10 Å². The van der Waals surface area contributed by atoms with Gasteiger partial charge in [0.15, 0.2) is 0 Å². The molecular weight excluding hydrogens is 120 g/mol. The number of aliphatic hydroxyl groups excluding tert-OH is 1. The normalized spacial score (nSPS) is 24.7. The summed E-state index contributed by atoms with van der Waals surface area (Å²) >= 11 is 0. The smallest absolute Gasteiger partial charge is 0.253 e. The van der Waals surface area contributed by atoms with Crippen molar-refractivity contribution in [2.75, 3.05) is 13.2 Å². The van der Waals surface area contributed by atoms with Gasteiger partial charge in [0, 0.05) is 0 Å². The molecule has 0 bridgehead atoms. The number of aliphatic hydroxyl groups is 1. The van der Waals surface area contributed by atoms with Crippen LogP contribution >= 0.6 is 0 Å². The first-order valence-corrected chi connectivity index (χ1v) is 3.15. The molecule has 0 amide bonds. The first-order chi connectivity index (χ1) is 4.34. The van der Waals surface area contributed by atoms with Crippen LogP contribution in [0.1, 0.15) is 13.3 Å². The third-order valence-electron chi connectivity index (χ3n) is 1.23. The summed E-state index contributed by atoms with van der Waals surface area (Å²) in [5.41, 5.74) is 0. The van der Waals surface area contributed by atoms with Gasteiger partial charge in [0.25, 0.3) is 6.29 Å². The fourth-order valence-electron chi connectivity index (χ4n) is 0.685. The maximum absolute atomic E-state index is 9.07. The predicted octanol–water partition coefficient (Wildman–Crippen LogP) is 0.294. The van der Waals surface area contributed by atoms with Gasteiger partial charge in [-0.1, -0.05) is 6.92 Å². The molecule has 1 unspecified atom stereocenters. The van der Waals surface area contributed by atoms with E-state index in [1.165, 1.54) is 0 Å². The van der Waals surface area contributed by atoms with Crippen LogP contribution < -0.4 is 0 Å². The molecule has 1 fully saturated rings. The zero-order chi connectivity index (χ0) is 6.69. The monoisotopic (exact) mass is 131 g/mol. The van der Waals surface area contributed by atoms with Gasteiger partial charge in [0.2, 0.25) is 0 Å². The molecule has 1 atom stereocenters. The Kier molecular flexibility index (Phi) is 2.45. The quantitative estimate of drug-likeness (QED) is 0.585. The molecule has 1 radical (unpaired) electrons. The van der Waals surface area contributed by atoms with E-state index in [-0.39, 0.29) is 0 Å². The van der Waals surface area contributed by atoms with Crippen molar-refractivity contribution in [3.8, 4) is 0 Å². The zero-order valence-corrected chi connectivity index (χ0v) is 5.46. The van der Waals surface area contributed by atoms with Crippen molar-refractivity contribution in [1.82, 2.24) is 0 Å². The average molecular weight is 131 g/mol. The molecule has 0 spiro atoms. The van der Waals surface area contributed by atoms with Crippen LogP contribution in [-0.2, 0) is 9.47 Å². The summed E-state index contributed by atoms with van der Waals surface area (Å²) in [6.45, 7) is 3.03. The molecule has 0 aliphatic carbocycles. The van der Waals surface area contributed by atoms with Crippen molar-refractivity contribution >= 4 is 0 Å². The standard InChI is InChI=1S/C6H11O3/c1-2-5(7)6-8-3-4-9-6/h5,7H,2-4H2,1H3. The zero-order valence-electron chi connectivity index (χ0n) is 5.46. The highest BCUT2D eigenvalue weighted by Crippen LogP contribution is 2.17. The van der Waals surface area contributed by atoms with Crippen molar-refractivity contribution in [3.05, 3.63) is 6.29 Å². The van der Waals surface area contributed by atoms with E-state index in [1.54, 1.807) is 0 Å². The molecule has 1 saturated heterocycles. The first kappa shape index (κ1) is 6.99. The third kappa shape index (κ3) is 1.64. The van der Waals surface area contributed by atoms with Crippen LogP contribution in [0.2, 0.25) is 0 Å². The predicted molar refractivity (Wildman–Crippen MR) is 31.4 cm³/mol. The molecular formula is C6H11O3. The van der Waals surface area contributed by atoms with Crippen LogP contribution in [0.15, 0.2) is 0 Å². The Balaban J connectivity index is 2.24. The van der Waals surface area contributed by atoms with E-state index in [0.717, 1.165) is 0 Å². The van der Waals surface area contributed by atoms with Crippen LogP contribution in [-0.4, -0.2) is 24.4 Å². The lowest BCUT2D eigenvalue weighted by Gasteiger charge is -2.11. The summed E-state index contributed by atoms with van der Waals surface area (Å²) in [4.78, 5) is 0. The largest absolute Gasteiger partial charge is 0.387 e.